The van der Waals surface area contributed by atoms with Gasteiger partial charge in [-0.3, -0.25) is 0 Å². The lowest BCUT2D eigenvalue weighted by Crippen LogP contribution is -2.32. The molecule has 3 heteroatoms. The Kier molecular flexibility index (Phi) is 7.44. The average Bonchev–Trinajstić information content (AvgIpc) is 2.27. The lowest BCUT2D eigenvalue weighted by molar-refractivity contribution is 0.272. The van der Waals surface area contributed by atoms with E-state index in [2.05, 4.69) is 44.1 Å². The van der Waals surface area contributed by atoms with Crippen molar-refractivity contribution in [3.05, 3.63) is 34.9 Å². The number of nitrogens with zero attached hydrogens (tertiary/aromatic N) is 1. The normalized spacial score (nSPS) is 13.2. The maximum Gasteiger partial charge on any atom is 0.0409 e. The molecule has 0 saturated heterocycles. The summed E-state index contributed by atoms with van der Waals surface area (Å²) in [5, 5.41) is 4.33. The molecule has 1 rings (SSSR count). The van der Waals surface area contributed by atoms with Crippen molar-refractivity contribution in [3.8, 4) is 0 Å². The zero-order valence-corrected chi connectivity index (χ0v) is 13.4. The molecule has 1 unspecified atom stereocenters. The molecule has 0 radical (unpaired) electrons. The summed E-state index contributed by atoms with van der Waals surface area (Å²) in [5.41, 5.74) is 1.28. The molecule has 1 aromatic carbocycles. The van der Waals surface area contributed by atoms with Crippen molar-refractivity contribution in [2.45, 2.75) is 27.3 Å². The predicted octanol–water partition coefficient (Wildman–Crippen LogP) is 3.65. The molecule has 0 saturated carbocycles. The molecule has 1 atom stereocenters. The highest BCUT2D eigenvalue weighted by atomic mass is 35.5. The molecule has 2 nitrogen and oxygen atoms in total. The Labute approximate surface area is 123 Å². The number of hydrogen-bond acceptors (Lipinski definition) is 2. The zero-order chi connectivity index (χ0) is 14.3. The molecular formula is C16H27ClN2. The van der Waals surface area contributed by atoms with Crippen molar-refractivity contribution in [2.24, 2.45) is 11.8 Å². The number of rotatable bonds is 8. The van der Waals surface area contributed by atoms with Gasteiger partial charge in [0, 0.05) is 18.1 Å². The number of benzene rings is 1. The maximum absolute atomic E-state index is 6.00. The second-order valence-corrected chi connectivity index (χ2v) is 6.42. The van der Waals surface area contributed by atoms with Crippen molar-refractivity contribution < 1.29 is 0 Å². The standard InChI is InChI=1S/C16H27ClN2/c1-13(2)9-18-10-14(3)11-19(4)12-15-6-5-7-16(17)8-15/h5-8,13-14,18H,9-12H2,1-4H3. The highest BCUT2D eigenvalue weighted by Gasteiger charge is 2.07. The van der Waals surface area contributed by atoms with E-state index in [1.165, 1.54) is 5.56 Å². The molecular weight excluding hydrogens is 256 g/mol. The smallest absolute Gasteiger partial charge is 0.0409 e. The van der Waals surface area contributed by atoms with E-state index in [1.807, 2.05) is 18.2 Å². The molecule has 0 aromatic heterocycles. The second-order valence-electron chi connectivity index (χ2n) is 5.98. The number of hydrogen-bond donors (Lipinski definition) is 1. The Hall–Kier alpha value is -0.570. The lowest BCUT2D eigenvalue weighted by atomic mass is 10.1. The van der Waals surface area contributed by atoms with E-state index in [0.29, 0.717) is 5.92 Å². The summed E-state index contributed by atoms with van der Waals surface area (Å²) in [5.74, 6) is 1.37. The van der Waals surface area contributed by atoms with Crippen LogP contribution in [0.15, 0.2) is 24.3 Å². The van der Waals surface area contributed by atoms with Gasteiger partial charge in [0.2, 0.25) is 0 Å². The van der Waals surface area contributed by atoms with Crippen LogP contribution in [0.1, 0.15) is 26.3 Å². The third-order valence-electron chi connectivity index (χ3n) is 3.01. The van der Waals surface area contributed by atoms with Gasteiger partial charge in [0.1, 0.15) is 0 Å². The summed E-state index contributed by atoms with van der Waals surface area (Å²) >= 11 is 6.00. The average molecular weight is 283 g/mol. The monoisotopic (exact) mass is 282 g/mol. The van der Waals surface area contributed by atoms with E-state index >= 15 is 0 Å². The summed E-state index contributed by atoms with van der Waals surface area (Å²) in [6.07, 6.45) is 0. The fourth-order valence-electron chi connectivity index (χ4n) is 2.23. The SMILES string of the molecule is CC(C)CNCC(C)CN(C)Cc1cccc(Cl)c1. The first-order valence-corrected chi connectivity index (χ1v) is 7.49. The summed E-state index contributed by atoms with van der Waals surface area (Å²) in [6, 6.07) is 8.10. The summed E-state index contributed by atoms with van der Waals surface area (Å²) in [4.78, 5) is 2.35. The molecule has 0 aliphatic heterocycles. The quantitative estimate of drug-likeness (QED) is 0.783. The maximum atomic E-state index is 6.00. The first kappa shape index (κ1) is 16.5. The number of halogens is 1. The first-order chi connectivity index (χ1) is 8.97. The van der Waals surface area contributed by atoms with Gasteiger partial charge >= 0.3 is 0 Å². The van der Waals surface area contributed by atoms with Crippen LogP contribution in [0.2, 0.25) is 5.02 Å². The van der Waals surface area contributed by atoms with Crippen LogP contribution in [0.3, 0.4) is 0 Å². The van der Waals surface area contributed by atoms with Crippen LogP contribution in [0.25, 0.3) is 0 Å². The highest BCUT2D eigenvalue weighted by molar-refractivity contribution is 6.30. The molecule has 1 aromatic rings. The van der Waals surface area contributed by atoms with Gasteiger partial charge in [0.15, 0.2) is 0 Å². The van der Waals surface area contributed by atoms with Crippen LogP contribution in [0, 0.1) is 11.8 Å². The number of nitrogens with one attached hydrogen (secondary N) is 1. The molecule has 1 N–H and O–H groups in total. The Morgan fingerprint density at radius 1 is 1.21 bits per heavy atom. The first-order valence-electron chi connectivity index (χ1n) is 7.11. The molecule has 0 heterocycles. The van der Waals surface area contributed by atoms with Crippen LogP contribution >= 0.6 is 11.6 Å². The Morgan fingerprint density at radius 2 is 1.95 bits per heavy atom. The molecule has 0 fully saturated rings. The van der Waals surface area contributed by atoms with Crippen LogP contribution in [-0.4, -0.2) is 31.6 Å². The van der Waals surface area contributed by atoms with E-state index in [0.717, 1.165) is 37.1 Å². The van der Waals surface area contributed by atoms with Gasteiger partial charge in [-0.2, -0.15) is 0 Å². The largest absolute Gasteiger partial charge is 0.316 e. The molecule has 108 valence electrons. The molecule has 0 bridgehead atoms. The Balaban J connectivity index is 2.28. The Bertz CT molecular complexity index is 366. The van der Waals surface area contributed by atoms with Crippen molar-refractivity contribution >= 4 is 11.6 Å². The van der Waals surface area contributed by atoms with Gasteiger partial charge in [-0.15, -0.1) is 0 Å². The van der Waals surface area contributed by atoms with Crippen molar-refractivity contribution in [2.75, 3.05) is 26.7 Å². The minimum Gasteiger partial charge on any atom is -0.316 e. The van der Waals surface area contributed by atoms with Gasteiger partial charge in [-0.1, -0.05) is 44.5 Å². The fourth-order valence-corrected chi connectivity index (χ4v) is 2.44. The molecule has 0 spiro atoms. The molecule has 0 aliphatic carbocycles. The van der Waals surface area contributed by atoms with Gasteiger partial charge in [-0.05, 0) is 49.7 Å². The van der Waals surface area contributed by atoms with Crippen LogP contribution in [0.5, 0.6) is 0 Å². The van der Waals surface area contributed by atoms with E-state index in [-0.39, 0.29) is 0 Å². The third kappa shape index (κ3) is 7.56. The third-order valence-corrected chi connectivity index (χ3v) is 3.25. The second kappa shape index (κ2) is 8.57. The van der Waals surface area contributed by atoms with Gasteiger partial charge in [-0.25, -0.2) is 0 Å². The van der Waals surface area contributed by atoms with Gasteiger partial charge < -0.3 is 10.2 Å². The summed E-state index contributed by atoms with van der Waals surface area (Å²) in [7, 11) is 2.17. The van der Waals surface area contributed by atoms with Crippen molar-refractivity contribution in [3.63, 3.8) is 0 Å². The highest BCUT2D eigenvalue weighted by Crippen LogP contribution is 2.12. The van der Waals surface area contributed by atoms with Gasteiger partial charge in [0.05, 0.1) is 0 Å². The minimum absolute atomic E-state index is 0.655. The lowest BCUT2D eigenvalue weighted by Gasteiger charge is -2.22. The predicted molar refractivity (Wildman–Crippen MR) is 84.7 cm³/mol. The Morgan fingerprint density at radius 3 is 2.58 bits per heavy atom. The topological polar surface area (TPSA) is 15.3 Å². The molecule has 0 aliphatic rings. The van der Waals surface area contributed by atoms with E-state index in [9.17, 15) is 0 Å². The zero-order valence-electron chi connectivity index (χ0n) is 12.6. The fraction of sp³-hybridized carbons (Fsp3) is 0.625. The van der Waals surface area contributed by atoms with Crippen molar-refractivity contribution in [1.82, 2.24) is 10.2 Å². The summed E-state index contributed by atoms with van der Waals surface area (Å²) in [6.45, 7) is 11.0. The van der Waals surface area contributed by atoms with E-state index < -0.39 is 0 Å². The molecule has 19 heavy (non-hydrogen) atoms. The summed E-state index contributed by atoms with van der Waals surface area (Å²) < 4.78 is 0. The van der Waals surface area contributed by atoms with Crippen LogP contribution < -0.4 is 5.32 Å². The minimum atomic E-state index is 0.655. The van der Waals surface area contributed by atoms with Crippen molar-refractivity contribution in [1.29, 1.82) is 0 Å². The van der Waals surface area contributed by atoms with Gasteiger partial charge in [0.25, 0.3) is 0 Å². The van der Waals surface area contributed by atoms with E-state index in [4.69, 9.17) is 11.6 Å². The van der Waals surface area contributed by atoms with Crippen LogP contribution in [-0.2, 0) is 6.54 Å². The molecule has 0 amide bonds. The van der Waals surface area contributed by atoms with Crippen LogP contribution in [0.4, 0.5) is 0 Å². The van der Waals surface area contributed by atoms with E-state index in [1.54, 1.807) is 0 Å².